The number of aromatic nitrogens is 2. The molecule has 2 heterocycles. The molecule has 4 rings (SSSR count). The van der Waals surface area contributed by atoms with E-state index in [1.54, 1.807) is 20.3 Å². The van der Waals surface area contributed by atoms with Crippen LogP contribution < -0.4 is 9.47 Å². The van der Waals surface area contributed by atoms with Crippen molar-refractivity contribution in [3.63, 3.8) is 0 Å². The van der Waals surface area contributed by atoms with Crippen molar-refractivity contribution in [3.8, 4) is 28.8 Å². The molecule has 0 fully saturated rings. The number of hydrogen-bond acceptors (Lipinski definition) is 6. The zero-order valence-electron chi connectivity index (χ0n) is 16.2. The van der Waals surface area contributed by atoms with Crippen LogP contribution in [0.5, 0.6) is 11.5 Å². The molecule has 0 bridgehead atoms. The van der Waals surface area contributed by atoms with Crippen LogP contribution in [0, 0.1) is 11.3 Å². The molecule has 0 N–H and O–H groups in total. The summed E-state index contributed by atoms with van der Waals surface area (Å²) in [6.45, 7) is 0. The topological polar surface area (TPSA) is 68.0 Å². The molecular formula is C23H16ClN3O2S. The van der Waals surface area contributed by atoms with Crippen molar-refractivity contribution < 1.29 is 9.47 Å². The van der Waals surface area contributed by atoms with Crippen molar-refractivity contribution in [2.75, 3.05) is 14.2 Å². The van der Waals surface area contributed by atoms with Gasteiger partial charge in [-0.3, -0.25) is 0 Å². The van der Waals surface area contributed by atoms with Crippen molar-refractivity contribution >= 4 is 45.5 Å². The first-order valence-corrected chi connectivity index (χ1v) is 10.2. The highest BCUT2D eigenvalue weighted by atomic mass is 35.5. The Morgan fingerprint density at radius 3 is 2.47 bits per heavy atom. The Balaban J connectivity index is 1.71. The van der Waals surface area contributed by atoms with Gasteiger partial charge in [-0.05, 0) is 54.6 Å². The molecule has 148 valence electrons. The SMILES string of the molecule is COc1ccc(-c2csc(/C(C#N)=C/c3cc4cc(OC)ccc4nc3Cl)n2)cc1. The maximum atomic E-state index is 9.72. The first kappa shape index (κ1) is 19.9. The van der Waals surface area contributed by atoms with Crippen LogP contribution in [0.2, 0.25) is 5.15 Å². The van der Waals surface area contributed by atoms with E-state index in [4.69, 9.17) is 21.1 Å². The van der Waals surface area contributed by atoms with E-state index in [-0.39, 0.29) is 0 Å². The van der Waals surface area contributed by atoms with Gasteiger partial charge < -0.3 is 9.47 Å². The lowest BCUT2D eigenvalue weighted by Crippen LogP contribution is -1.89. The van der Waals surface area contributed by atoms with Crippen molar-refractivity contribution in [3.05, 3.63) is 69.6 Å². The molecule has 5 nitrogen and oxygen atoms in total. The summed E-state index contributed by atoms with van der Waals surface area (Å²) in [7, 11) is 3.24. The number of methoxy groups -OCH3 is 2. The minimum atomic E-state index is 0.326. The van der Waals surface area contributed by atoms with Crippen LogP contribution in [0.15, 0.2) is 53.9 Å². The second-order valence-corrected chi connectivity index (χ2v) is 7.58. The van der Waals surface area contributed by atoms with Gasteiger partial charge in [0.05, 0.1) is 31.0 Å². The smallest absolute Gasteiger partial charge is 0.137 e. The van der Waals surface area contributed by atoms with Gasteiger partial charge in [0, 0.05) is 21.9 Å². The van der Waals surface area contributed by atoms with Crippen LogP contribution in [0.1, 0.15) is 10.6 Å². The predicted octanol–water partition coefficient (Wildman–Crippen LogP) is 6.09. The highest BCUT2D eigenvalue weighted by Crippen LogP contribution is 2.30. The molecule has 2 aromatic carbocycles. The van der Waals surface area contributed by atoms with E-state index in [0.29, 0.717) is 21.3 Å². The summed E-state index contributed by atoms with van der Waals surface area (Å²) >= 11 is 7.78. The number of nitrogens with zero attached hydrogens (tertiary/aromatic N) is 3. The van der Waals surface area contributed by atoms with E-state index in [2.05, 4.69) is 16.0 Å². The average molecular weight is 434 g/mol. The van der Waals surface area contributed by atoms with Gasteiger partial charge in [-0.15, -0.1) is 11.3 Å². The van der Waals surface area contributed by atoms with Crippen molar-refractivity contribution in [2.24, 2.45) is 0 Å². The first-order chi connectivity index (χ1) is 14.6. The number of nitriles is 1. The maximum absolute atomic E-state index is 9.72. The lowest BCUT2D eigenvalue weighted by atomic mass is 10.1. The van der Waals surface area contributed by atoms with E-state index in [0.717, 1.165) is 33.7 Å². The maximum Gasteiger partial charge on any atom is 0.137 e. The summed E-state index contributed by atoms with van der Waals surface area (Å²) in [5.74, 6) is 1.51. The van der Waals surface area contributed by atoms with Gasteiger partial charge in [-0.2, -0.15) is 5.26 Å². The molecule has 7 heteroatoms. The molecular weight excluding hydrogens is 418 g/mol. The summed E-state index contributed by atoms with van der Waals surface area (Å²) in [4.78, 5) is 9.05. The van der Waals surface area contributed by atoms with Gasteiger partial charge in [0.25, 0.3) is 0 Å². The average Bonchev–Trinajstić information content (AvgIpc) is 3.27. The normalized spacial score (nSPS) is 11.3. The molecule has 0 aliphatic carbocycles. The van der Waals surface area contributed by atoms with E-state index in [1.165, 1.54) is 11.3 Å². The van der Waals surface area contributed by atoms with Crippen molar-refractivity contribution in [1.29, 1.82) is 5.26 Å². The molecule has 2 aromatic heterocycles. The molecule has 0 saturated heterocycles. The number of rotatable bonds is 5. The second kappa shape index (κ2) is 8.54. The predicted molar refractivity (Wildman–Crippen MR) is 121 cm³/mol. The number of thiazole rings is 1. The summed E-state index contributed by atoms with van der Waals surface area (Å²) < 4.78 is 10.5. The van der Waals surface area contributed by atoms with Crippen LogP contribution in [-0.4, -0.2) is 24.2 Å². The molecule has 0 aliphatic heterocycles. The molecule has 30 heavy (non-hydrogen) atoms. The molecule has 4 aromatic rings. The Labute approximate surface area is 182 Å². The van der Waals surface area contributed by atoms with E-state index < -0.39 is 0 Å². The third kappa shape index (κ3) is 3.99. The van der Waals surface area contributed by atoms with Crippen molar-refractivity contribution in [1.82, 2.24) is 9.97 Å². The second-order valence-electron chi connectivity index (χ2n) is 6.36. The fourth-order valence-corrected chi connectivity index (χ4v) is 3.96. The zero-order valence-corrected chi connectivity index (χ0v) is 17.8. The number of hydrogen-bond donors (Lipinski definition) is 0. The Morgan fingerprint density at radius 2 is 1.77 bits per heavy atom. The van der Waals surface area contributed by atoms with Crippen LogP contribution in [0.3, 0.4) is 0 Å². The first-order valence-electron chi connectivity index (χ1n) is 8.97. The van der Waals surface area contributed by atoms with Crippen LogP contribution >= 0.6 is 22.9 Å². The number of halogens is 1. The zero-order chi connectivity index (χ0) is 21.1. The number of allylic oxidation sites excluding steroid dienone is 1. The van der Waals surface area contributed by atoms with E-state index in [1.807, 2.05) is 53.9 Å². The molecule has 0 spiro atoms. The molecule has 0 amide bonds. The van der Waals surface area contributed by atoms with E-state index in [9.17, 15) is 5.26 Å². The molecule has 0 aliphatic rings. The summed E-state index contributed by atoms with van der Waals surface area (Å²) in [6, 6.07) is 17.3. The summed E-state index contributed by atoms with van der Waals surface area (Å²) in [6.07, 6.45) is 1.71. The van der Waals surface area contributed by atoms with Gasteiger partial charge in [-0.1, -0.05) is 11.6 Å². The fourth-order valence-electron chi connectivity index (χ4n) is 2.96. The Morgan fingerprint density at radius 1 is 1.03 bits per heavy atom. The molecule has 0 saturated carbocycles. The van der Waals surface area contributed by atoms with Gasteiger partial charge in [-0.25, -0.2) is 9.97 Å². The van der Waals surface area contributed by atoms with Gasteiger partial charge >= 0.3 is 0 Å². The van der Waals surface area contributed by atoms with E-state index >= 15 is 0 Å². The summed E-state index contributed by atoms with van der Waals surface area (Å²) in [5.41, 5.74) is 3.58. The standard InChI is InChI=1S/C23H16ClN3O2S/c1-28-18-5-3-14(4-6-18)21-13-30-23(27-21)17(12-25)10-16-9-15-11-19(29-2)7-8-20(15)26-22(16)24/h3-11,13H,1-2H3/b17-10+. The molecule has 0 atom stereocenters. The lowest BCUT2D eigenvalue weighted by molar-refractivity contribution is 0.415. The minimum Gasteiger partial charge on any atom is -0.497 e. The quantitative estimate of drug-likeness (QED) is 0.281. The molecule has 0 radical (unpaired) electrons. The van der Waals surface area contributed by atoms with Crippen LogP contribution in [-0.2, 0) is 0 Å². The lowest BCUT2D eigenvalue weighted by Gasteiger charge is -2.05. The highest BCUT2D eigenvalue weighted by Gasteiger charge is 2.12. The van der Waals surface area contributed by atoms with Crippen LogP contribution in [0.25, 0.3) is 33.8 Å². The Hall–Kier alpha value is -3.40. The number of benzene rings is 2. The largest absolute Gasteiger partial charge is 0.497 e. The minimum absolute atomic E-state index is 0.326. The molecule has 0 unspecified atom stereocenters. The number of pyridine rings is 1. The third-order valence-corrected chi connectivity index (χ3v) is 5.72. The monoisotopic (exact) mass is 433 g/mol. The number of fused-ring (bicyclic) bond motifs is 1. The van der Waals surface area contributed by atoms with Gasteiger partial charge in [0.1, 0.15) is 27.7 Å². The van der Waals surface area contributed by atoms with Crippen LogP contribution in [0.4, 0.5) is 0 Å². The fraction of sp³-hybridized carbons (Fsp3) is 0.0870. The Kier molecular flexibility index (Phi) is 5.66. The summed E-state index contributed by atoms with van der Waals surface area (Å²) in [5, 5.41) is 13.5. The third-order valence-electron chi connectivity index (χ3n) is 4.54. The number of ether oxygens (including phenoxy) is 2. The van der Waals surface area contributed by atoms with Crippen molar-refractivity contribution in [2.45, 2.75) is 0 Å². The Bertz CT molecular complexity index is 1290. The van der Waals surface area contributed by atoms with Gasteiger partial charge in [0.15, 0.2) is 0 Å². The van der Waals surface area contributed by atoms with Gasteiger partial charge in [0.2, 0.25) is 0 Å². The highest BCUT2D eigenvalue weighted by molar-refractivity contribution is 7.11.